The first-order valence-electron chi connectivity index (χ1n) is 11.7. The largest absolute Gasteiger partial charge is 0.507 e. The highest BCUT2D eigenvalue weighted by Gasteiger charge is 2.71. The molecule has 2 N–H and O–H groups in total. The summed E-state index contributed by atoms with van der Waals surface area (Å²) in [6, 6.07) is 23.1. The standard InChI is InChI=1S/C28H22ClN3O5S/c1-17(33)16-30-25(36)24(35)22(23(34)18-12-14-19(29)15-13-18)28(30)26(37)31(20-8-4-2-5-9-20)27(38)32(28)21-10-6-3-7-11-21/h2-15,17,33-34H,16H2,1H3/b23-22-. The minimum atomic E-state index is -2.21. The molecule has 2 fully saturated rings. The number of rotatable bonds is 5. The molecule has 3 aromatic rings. The maximum atomic E-state index is 14.6. The van der Waals surface area contributed by atoms with E-state index in [0.717, 1.165) is 4.90 Å². The molecule has 2 heterocycles. The van der Waals surface area contributed by atoms with Gasteiger partial charge < -0.3 is 10.2 Å². The van der Waals surface area contributed by atoms with Crippen LogP contribution >= 0.6 is 23.8 Å². The Kier molecular flexibility index (Phi) is 6.52. The molecule has 5 rings (SSSR count). The second kappa shape index (κ2) is 9.68. The van der Waals surface area contributed by atoms with E-state index in [0.29, 0.717) is 16.4 Å². The maximum absolute atomic E-state index is 14.6. The lowest BCUT2D eigenvalue weighted by molar-refractivity contribution is -0.144. The quantitative estimate of drug-likeness (QED) is 0.216. The third-order valence-electron chi connectivity index (χ3n) is 6.44. The lowest BCUT2D eigenvalue weighted by Gasteiger charge is -2.40. The molecule has 2 atom stereocenters. The minimum absolute atomic E-state index is 0.00750. The zero-order chi connectivity index (χ0) is 27.2. The summed E-state index contributed by atoms with van der Waals surface area (Å²) >= 11 is 11.8. The number of Topliss-reactive ketones (excluding diaryl/α,β-unsaturated/α-hetero) is 1. The van der Waals surface area contributed by atoms with E-state index in [9.17, 15) is 24.6 Å². The van der Waals surface area contributed by atoms with Gasteiger partial charge in [-0.2, -0.15) is 0 Å². The molecule has 0 radical (unpaired) electrons. The number of carbonyl (C=O) groups is 3. The normalized spacial score (nSPS) is 21.6. The van der Waals surface area contributed by atoms with Crippen molar-refractivity contribution in [1.29, 1.82) is 0 Å². The van der Waals surface area contributed by atoms with Gasteiger partial charge in [0.1, 0.15) is 11.3 Å². The van der Waals surface area contributed by atoms with E-state index < -0.39 is 40.7 Å². The number of aliphatic hydroxyl groups excluding tert-OH is 2. The van der Waals surface area contributed by atoms with Gasteiger partial charge in [-0.05, 0) is 67.7 Å². The smallest absolute Gasteiger partial charge is 0.297 e. The summed E-state index contributed by atoms with van der Waals surface area (Å²) in [7, 11) is 0. The van der Waals surface area contributed by atoms with Crippen LogP contribution in [0.1, 0.15) is 12.5 Å². The van der Waals surface area contributed by atoms with Gasteiger partial charge in [0.2, 0.25) is 5.66 Å². The van der Waals surface area contributed by atoms with Crippen molar-refractivity contribution in [3.05, 3.63) is 101 Å². The first-order valence-corrected chi connectivity index (χ1v) is 12.5. The molecule has 3 aromatic carbocycles. The second-order valence-corrected chi connectivity index (χ2v) is 9.73. The maximum Gasteiger partial charge on any atom is 0.297 e. The Balaban J connectivity index is 1.88. The molecule has 10 heteroatoms. The molecule has 2 amide bonds. The molecule has 1 spiro atoms. The molecule has 0 bridgehead atoms. The van der Waals surface area contributed by atoms with Crippen molar-refractivity contribution in [1.82, 2.24) is 4.90 Å². The average Bonchev–Trinajstić information content (AvgIpc) is 3.26. The molecule has 2 unspecified atom stereocenters. The summed E-state index contributed by atoms with van der Waals surface area (Å²) in [6.45, 7) is 1.06. The topological polar surface area (TPSA) is 101 Å². The number of hydrogen-bond donors (Lipinski definition) is 2. The highest BCUT2D eigenvalue weighted by molar-refractivity contribution is 7.81. The van der Waals surface area contributed by atoms with Crippen LogP contribution in [0.4, 0.5) is 11.4 Å². The number of nitrogens with zero attached hydrogens (tertiary/aromatic N) is 3. The van der Waals surface area contributed by atoms with Gasteiger partial charge >= 0.3 is 0 Å². The van der Waals surface area contributed by atoms with Gasteiger partial charge in [-0.3, -0.25) is 29.1 Å². The van der Waals surface area contributed by atoms with Crippen LogP contribution in [0, 0.1) is 0 Å². The van der Waals surface area contributed by atoms with Crippen molar-refractivity contribution in [2.24, 2.45) is 0 Å². The molecule has 38 heavy (non-hydrogen) atoms. The summed E-state index contributed by atoms with van der Waals surface area (Å²) in [6.07, 6.45) is -1.11. The number of likely N-dealkylation sites (tertiary alicyclic amines) is 1. The first-order chi connectivity index (χ1) is 18.2. The van der Waals surface area contributed by atoms with E-state index in [4.69, 9.17) is 23.8 Å². The summed E-state index contributed by atoms with van der Waals surface area (Å²) in [5.41, 5.74) is -1.67. The van der Waals surface area contributed by atoms with E-state index in [1.807, 2.05) is 0 Å². The number of para-hydroxylation sites is 2. The molecule has 2 aliphatic heterocycles. The second-order valence-electron chi connectivity index (χ2n) is 8.93. The van der Waals surface area contributed by atoms with Crippen LogP contribution in [0.3, 0.4) is 0 Å². The number of halogens is 1. The fraction of sp³-hybridized carbons (Fsp3) is 0.143. The number of thiocarbonyl (C=S) groups is 1. The number of anilines is 2. The summed E-state index contributed by atoms with van der Waals surface area (Å²) in [5.74, 6) is -3.44. The fourth-order valence-electron chi connectivity index (χ4n) is 4.88. The third kappa shape index (κ3) is 3.78. The molecular weight excluding hydrogens is 526 g/mol. The first kappa shape index (κ1) is 25.6. The van der Waals surface area contributed by atoms with Crippen LogP contribution in [0.25, 0.3) is 5.76 Å². The van der Waals surface area contributed by atoms with Crippen molar-refractivity contribution in [3.8, 4) is 0 Å². The number of amides is 2. The van der Waals surface area contributed by atoms with Gasteiger partial charge in [-0.1, -0.05) is 48.0 Å². The highest BCUT2D eigenvalue weighted by Crippen LogP contribution is 2.48. The minimum Gasteiger partial charge on any atom is -0.507 e. The molecule has 2 aliphatic rings. The predicted octanol–water partition coefficient (Wildman–Crippen LogP) is 3.94. The van der Waals surface area contributed by atoms with Crippen molar-refractivity contribution in [2.45, 2.75) is 18.7 Å². The van der Waals surface area contributed by atoms with Gasteiger partial charge in [-0.25, -0.2) is 0 Å². The summed E-state index contributed by atoms with van der Waals surface area (Å²) < 4.78 is 0. The lowest BCUT2D eigenvalue weighted by atomic mass is 9.92. The van der Waals surface area contributed by atoms with Gasteiger partial charge in [0, 0.05) is 22.8 Å². The van der Waals surface area contributed by atoms with E-state index in [2.05, 4.69) is 0 Å². The van der Waals surface area contributed by atoms with Crippen LogP contribution in [0.5, 0.6) is 0 Å². The van der Waals surface area contributed by atoms with Crippen LogP contribution in [-0.4, -0.2) is 56.1 Å². The Morgan fingerprint density at radius 2 is 1.47 bits per heavy atom. The van der Waals surface area contributed by atoms with Crippen molar-refractivity contribution in [3.63, 3.8) is 0 Å². The zero-order valence-corrected chi connectivity index (χ0v) is 21.7. The van der Waals surface area contributed by atoms with Gasteiger partial charge in [0.25, 0.3) is 17.6 Å². The van der Waals surface area contributed by atoms with Crippen LogP contribution in [0.2, 0.25) is 5.02 Å². The Labute approximate surface area is 229 Å². The fourth-order valence-corrected chi connectivity index (χ4v) is 5.44. The monoisotopic (exact) mass is 547 g/mol. The van der Waals surface area contributed by atoms with Crippen molar-refractivity contribution in [2.75, 3.05) is 16.3 Å². The number of hydrogen-bond acceptors (Lipinski definition) is 6. The Hall–Kier alpha value is -4.05. The van der Waals surface area contributed by atoms with E-state index in [1.165, 1.54) is 41.0 Å². The van der Waals surface area contributed by atoms with E-state index >= 15 is 0 Å². The SMILES string of the molecule is CC(O)CN1C(=O)C(=O)/C(=C(/O)c2ccc(Cl)cc2)C12C(=O)N(c1ccccc1)C(=S)N2c1ccccc1. The Morgan fingerprint density at radius 1 is 0.921 bits per heavy atom. The van der Waals surface area contributed by atoms with Gasteiger partial charge in [-0.15, -0.1) is 0 Å². The van der Waals surface area contributed by atoms with Crippen LogP contribution < -0.4 is 9.80 Å². The number of carbonyl (C=O) groups excluding carboxylic acids is 3. The number of aliphatic hydroxyl groups is 2. The van der Waals surface area contributed by atoms with Crippen LogP contribution in [-0.2, 0) is 14.4 Å². The molecule has 2 saturated heterocycles. The molecule has 0 aromatic heterocycles. The Bertz CT molecular complexity index is 1480. The van der Waals surface area contributed by atoms with Crippen molar-refractivity contribution >= 4 is 63.7 Å². The molecule has 8 nitrogen and oxygen atoms in total. The molecule has 0 saturated carbocycles. The molecule has 0 aliphatic carbocycles. The van der Waals surface area contributed by atoms with E-state index in [-0.39, 0.29) is 17.2 Å². The van der Waals surface area contributed by atoms with Gasteiger partial charge in [0.05, 0.1) is 11.8 Å². The molecule has 192 valence electrons. The number of β-amino-alcohol motifs (C(OH)–C–C–N with tert-alkyl or cyclic N) is 1. The Morgan fingerprint density at radius 3 is 2.03 bits per heavy atom. The zero-order valence-electron chi connectivity index (χ0n) is 20.1. The number of ketones is 1. The highest BCUT2D eigenvalue weighted by atomic mass is 35.5. The van der Waals surface area contributed by atoms with Crippen LogP contribution in [0.15, 0.2) is 90.5 Å². The summed E-state index contributed by atoms with van der Waals surface area (Å²) in [5, 5.41) is 22.3. The van der Waals surface area contributed by atoms with Gasteiger partial charge in [0.15, 0.2) is 5.11 Å². The third-order valence-corrected chi connectivity index (χ3v) is 7.06. The van der Waals surface area contributed by atoms with Crippen molar-refractivity contribution < 1.29 is 24.6 Å². The lowest BCUT2D eigenvalue weighted by Crippen LogP contribution is -2.62. The predicted molar refractivity (Wildman–Crippen MR) is 148 cm³/mol. The number of benzene rings is 3. The summed E-state index contributed by atoms with van der Waals surface area (Å²) in [4.78, 5) is 45.4. The average molecular weight is 548 g/mol. The van der Waals surface area contributed by atoms with E-state index in [1.54, 1.807) is 60.7 Å². The molecular formula is C28H22ClN3O5S.